The van der Waals surface area contributed by atoms with Gasteiger partial charge in [-0.05, 0) is 34.1 Å². The molecule has 5 heteroatoms. The molecule has 1 aromatic carbocycles. The van der Waals surface area contributed by atoms with Gasteiger partial charge in [0, 0.05) is 11.2 Å². The Labute approximate surface area is 94.6 Å². The van der Waals surface area contributed by atoms with Crippen molar-refractivity contribution >= 4 is 33.2 Å². The molecule has 72 valence electrons. The third-order valence-corrected chi connectivity index (χ3v) is 2.43. The van der Waals surface area contributed by atoms with Crippen LogP contribution in [0, 0.1) is 0 Å². The van der Waals surface area contributed by atoms with E-state index < -0.39 is 0 Å². The van der Waals surface area contributed by atoms with Gasteiger partial charge in [-0.25, -0.2) is 4.68 Å². The molecule has 0 radical (unpaired) electrons. The van der Waals surface area contributed by atoms with Crippen molar-refractivity contribution in [1.82, 2.24) is 9.78 Å². The van der Waals surface area contributed by atoms with Crippen LogP contribution in [0.25, 0.3) is 5.69 Å². The third-order valence-electron chi connectivity index (χ3n) is 1.79. The van der Waals surface area contributed by atoms with Crippen LogP contribution in [0.5, 0.6) is 0 Å². The molecule has 2 rings (SSSR count). The van der Waals surface area contributed by atoms with Crippen molar-refractivity contribution in [3.63, 3.8) is 0 Å². The molecule has 2 aromatic rings. The quantitative estimate of drug-likeness (QED) is 0.811. The van der Waals surface area contributed by atoms with Gasteiger partial charge in [0.1, 0.15) is 0 Å². The van der Waals surface area contributed by atoms with Crippen LogP contribution in [0.2, 0.25) is 5.02 Å². The standard InChI is InChI=1S/C9H7BrClN3/c10-6-4-13-14(5-6)9-3-7(11)1-2-8(9)12/h1-5H,12H2. The summed E-state index contributed by atoms with van der Waals surface area (Å²) in [7, 11) is 0. The molecule has 0 amide bonds. The van der Waals surface area contributed by atoms with Gasteiger partial charge in [0.15, 0.2) is 0 Å². The Morgan fingerprint density at radius 2 is 2.21 bits per heavy atom. The molecule has 14 heavy (non-hydrogen) atoms. The molecule has 0 atom stereocenters. The predicted molar refractivity (Wildman–Crippen MR) is 60.7 cm³/mol. The fraction of sp³-hybridized carbons (Fsp3) is 0. The predicted octanol–water partition coefficient (Wildman–Crippen LogP) is 2.87. The first-order chi connectivity index (χ1) is 6.66. The summed E-state index contributed by atoms with van der Waals surface area (Å²) in [4.78, 5) is 0. The minimum absolute atomic E-state index is 0.640. The molecular weight excluding hydrogens is 265 g/mol. The molecule has 0 bridgehead atoms. The van der Waals surface area contributed by atoms with Crippen molar-refractivity contribution in [1.29, 1.82) is 0 Å². The number of benzene rings is 1. The summed E-state index contributed by atoms with van der Waals surface area (Å²) in [5.74, 6) is 0. The molecule has 1 aromatic heterocycles. The van der Waals surface area contributed by atoms with Gasteiger partial charge in [-0.3, -0.25) is 0 Å². The average molecular weight is 273 g/mol. The molecule has 0 saturated heterocycles. The lowest BCUT2D eigenvalue weighted by atomic mass is 10.3. The average Bonchev–Trinajstić information content (AvgIpc) is 2.56. The Kier molecular flexibility index (Phi) is 2.48. The first-order valence-corrected chi connectivity index (χ1v) is 5.09. The Morgan fingerprint density at radius 3 is 2.86 bits per heavy atom. The van der Waals surface area contributed by atoms with Crippen molar-refractivity contribution in [3.05, 3.63) is 40.1 Å². The Hall–Kier alpha value is -1.00. The van der Waals surface area contributed by atoms with E-state index in [1.165, 1.54) is 0 Å². The first-order valence-electron chi connectivity index (χ1n) is 3.92. The lowest BCUT2D eigenvalue weighted by molar-refractivity contribution is 0.883. The van der Waals surface area contributed by atoms with Crippen molar-refractivity contribution in [2.24, 2.45) is 0 Å². The second-order valence-corrected chi connectivity index (χ2v) is 4.16. The highest BCUT2D eigenvalue weighted by Gasteiger charge is 2.03. The number of nitrogens with zero attached hydrogens (tertiary/aromatic N) is 2. The number of anilines is 1. The highest BCUT2D eigenvalue weighted by Crippen LogP contribution is 2.22. The third kappa shape index (κ3) is 1.76. The number of hydrogen-bond donors (Lipinski definition) is 1. The second-order valence-electron chi connectivity index (χ2n) is 2.81. The minimum Gasteiger partial charge on any atom is -0.397 e. The first kappa shape index (κ1) is 9.55. The minimum atomic E-state index is 0.640. The fourth-order valence-electron chi connectivity index (χ4n) is 1.15. The van der Waals surface area contributed by atoms with Gasteiger partial charge in [-0.2, -0.15) is 5.10 Å². The van der Waals surface area contributed by atoms with Crippen LogP contribution >= 0.6 is 27.5 Å². The molecule has 0 aliphatic carbocycles. The molecule has 0 aliphatic heterocycles. The summed E-state index contributed by atoms with van der Waals surface area (Å²) in [6.45, 7) is 0. The Balaban J connectivity index is 2.55. The van der Waals surface area contributed by atoms with E-state index in [9.17, 15) is 0 Å². The SMILES string of the molecule is Nc1ccc(Cl)cc1-n1cc(Br)cn1. The van der Waals surface area contributed by atoms with Crippen LogP contribution < -0.4 is 5.73 Å². The maximum atomic E-state index is 5.87. The maximum absolute atomic E-state index is 5.87. The van der Waals surface area contributed by atoms with Gasteiger partial charge in [-0.1, -0.05) is 11.6 Å². The van der Waals surface area contributed by atoms with Gasteiger partial charge in [0.05, 0.1) is 22.0 Å². The molecule has 2 N–H and O–H groups in total. The van der Waals surface area contributed by atoms with Gasteiger partial charge in [0.2, 0.25) is 0 Å². The zero-order chi connectivity index (χ0) is 10.1. The van der Waals surface area contributed by atoms with Crippen LogP contribution in [0.15, 0.2) is 35.1 Å². The second kappa shape index (κ2) is 3.63. The largest absolute Gasteiger partial charge is 0.397 e. The van der Waals surface area contributed by atoms with E-state index in [0.29, 0.717) is 10.7 Å². The van der Waals surface area contributed by atoms with Crippen molar-refractivity contribution in [2.75, 3.05) is 5.73 Å². The zero-order valence-electron chi connectivity index (χ0n) is 7.11. The number of nitrogens with two attached hydrogens (primary N) is 1. The van der Waals surface area contributed by atoms with Crippen LogP contribution in [0.4, 0.5) is 5.69 Å². The van der Waals surface area contributed by atoms with Gasteiger partial charge >= 0.3 is 0 Å². The van der Waals surface area contributed by atoms with Crippen molar-refractivity contribution in [2.45, 2.75) is 0 Å². The molecule has 3 nitrogen and oxygen atoms in total. The number of hydrogen-bond acceptors (Lipinski definition) is 2. The van der Waals surface area contributed by atoms with E-state index in [0.717, 1.165) is 10.2 Å². The maximum Gasteiger partial charge on any atom is 0.0890 e. The summed E-state index contributed by atoms with van der Waals surface area (Å²) in [5, 5.41) is 4.76. The summed E-state index contributed by atoms with van der Waals surface area (Å²) in [6.07, 6.45) is 3.52. The molecule has 0 saturated carbocycles. The number of nitrogen functional groups attached to an aromatic ring is 1. The zero-order valence-corrected chi connectivity index (χ0v) is 9.46. The van der Waals surface area contributed by atoms with Gasteiger partial charge in [0.25, 0.3) is 0 Å². The van der Waals surface area contributed by atoms with Crippen LogP contribution in [-0.4, -0.2) is 9.78 Å². The normalized spacial score (nSPS) is 10.4. The fourth-order valence-corrected chi connectivity index (χ4v) is 1.60. The van der Waals surface area contributed by atoms with Gasteiger partial charge in [-0.15, -0.1) is 0 Å². The van der Waals surface area contributed by atoms with Crippen LogP contribution in [0.1, 0.15) is 0 Å². The number of rotatable bonds is 1. The molecule has 0 fully saturated rings. The van der Waals surface area contributed by atoms with Crippen molar-refractivity contribution in [3.8, 4) is 5.69 Å². The van der Waals surface area contributed by atoms with E-state index in [2.05, 4.69) is 21.0 Å². The lowest BCUT2D eigenvalue weighted by Gasteiger charge is -2.05. The Bertz CT molecular complexity index is 467. The lowest BCUT2D eigenvalue weighted by Crippen LogP contribution is -1.99. The van der Waals surface area contributed by atoms with E-state index in [1.54, 1.807) is 29.1 Å². The topological polar surface area (TPSA) is 43.8 Å². The van der Waals surface area contributed by atoms with E-state index in [-0.39, 0.29) is 0 Å². The molecule has 0 unspecified atom stereocenters. The Morgan fingerprint density at radius 1 is 1.43 bits per heavy atom. The van der Waals surface area contributed by atoms with Crippen molar-refractivity contribution < 1.29 is 0 Å². The smallest absolute Gasteiger partial charge is 0.0890 e. The van der Waals surface area contributed by atoms with Gasteiger partial charge < -0.3 is 5.73 Å². The monoisotopic (exact) mass is 271 g/mol. The summed E-state index contributed by atoms with van der Waals surface area (Å²) >= 11 is 9.18. The number of aromatic nitrogens is 2. The number of halogens is 2. The summed E-state index contributed by atoms with van der Waals surface area (Å²) < 4.78 is 2.57. The van der Waals surface area contributed by atoms with E-state index in [4.69, 9.17) is 17.3 Å². The van der Waals surface area contributed by atoms with Crippen LogP contribution in [-0.2, 0) is 0 Å². The summed E-state index contributed by atoms with van der Waals surface area (Å²) in [6, 6.07) is 5.28. The highest BCUT2D eigenvalue weighted by atomic mass is 79.9. The highest BCUT2D eigenvalue weighted by molar-refractivity contribution is 9.10. The van der Waals surface area contributed by atoms with Crippen LogP contribution in [0.3, 0.4) is 0 Å². The molecule has 1 heterocycles. The molecule has 0 aliphatic rings. The van der Waals surface area contributed by atoms with E-state index in [1.807, 2.05) is 6.20 Å². The molecular formula is C9H7BrClN3. The van der Waals surface area contributed by atoms with E-state index >= 15 is 0 Å². The summed E-state index contributed by atoms with van der Waals surface area (Å²) in [5.41, 5.74) is 7.22. The molecule has 0 spiro atoms.